The van der Waals surface area contributed by atoms with E-state index in [9.17, 15) is 4.79 Å². The summed E-state index contributed by atoms with van der Waals surface area (Å²) in [7, 11) is 1.59. The largest absolute Gasteiger partial charge is 0.496 e. The van der Waals surface area contributed by atoms with Gasteiger partial charge in [-0.2, -0.15) is 0 Å². The molecule has 3 nitrogen and oxygen atoms in total. The number of hydrogen-bond acceptors (Lipinski definition) is 3. The summed E-state index contributed by atoms with van der Waals surface area (Å²) in [5.41, 5.74) is 8.54. The van der Waals surface area contributed by atoms with Crippen molar-refractivity contribution in [2.24, 2.45) is 5.73 Å². The second kappa shape index (κ2) is 5.82. The zero-order valence-corrected chi connectivity index (χ0v) is 11.0. The third-order valence-electron chi connectivity index (χ3n) is 2.91. The summed E-state index contributed by atoms with van der Waals surface area (Å²) in [6.45, 7) is 5.90. The predicted octanol–water partition coefficient (Wildman–Crippen LogP) is 2.62. The first kappa shape index (κ1) is 13.7. The van der Waals surface area contributed by atoms with Crippen molar-refractivity contribution in [3.8, 4) is 5.75 Å². The summed E-state index contributed by atoms with van der Waals surface area (Å²) in [5, 5.41) is 0. The van der Waals surface area contributed by atoms with Crippen LogP contribution in [0.1, 0.15) is 41.3 Å². The van der Waals surface area contributed by atoms with Crippen molar-refractivity contribution in [2.45, 2.75) is 39.7 Å². The minimum absolute atomic E-state index is 0.0636. The lowest BCUT2D eigenvalue weighted by atomic mass is 9.96. The molecule has 0 bridgehead atoms. The molecule has 0 aliphatic carbocycles. The Morgan fingerprint density at radius 1 is 1.41 bits per heavy atom. The van der Waals surface area contributed by atoms with Crippen molar-refractivity contribution >= 4 is 5.78 Å². The molecular weight excluding hydrogens is 214 g/mol. The summed E-state index contributed by atoms with van der Waals surface area (Å²) < 4.78 is 5.28. The van der Waals surface area contributed by atoms with Crippen LogP contribution in [0.15, 0.2) is 12.1 Å². The van der Waals surface area contributed by atoms with Crippen LogP contribution in [-0.2, 0) is 0 Å². The number of hydrogen-bond donors (Lipinski definition) is 1. The third-order valence-corrected chi connectivity index (χ3v) is 2.91. The topological polar surface area (TPSA) is 52.3 Å². The van der Waals surface area contributed by atoms with Gasteiger partial charge in [0, 0.05) is 12.5 Å². The summed E-state index contributed by atoms with van der Waals surface area (Å²) in [6.07, 6.45) is 1.18. The summed E-state index contributed by atoms with van der Waals surface area (Å²) in [6, 6.07) is 3.80. The van der Waals surface area contributed by atoms with E-state index in [-0.39, 0.29) is 11.8 Å². The van der Waals surface area contributed by atoms with Gasteiger partial charge in [0.15, 0.2) is 5.78 Å². The SMILES string of the molecule is CCC(N)CC(=O)c1c(C)cc(C)cc1OC. The molecule has 0 fully saturated rings. The highest BCUT2D eigenvalue weighted by atomic mass is 16.5. The van der Waals surface area contributed by atoms with E-state index in [4.69, 9.17) is 10.5 Å². The molecule has 17 heavy (non-hydrogen) atoms. The van der Waals surface area contributed by atoms with Crippen LogP contribution in [0.4, 0.5) is 0 Å². The number of methoxy groups -OCH3 is 1. The smallest absolute Gasteiger partial charge is 0.168 e. The molecule has 0 saturated carbocycles. The van der Waals surface area contributed by atoms with Crippen molar-refractivity contribution in [1.82, 2.24) is 0 Å². The maximum absolute atomic E-state index is 12.2. The average Bonchev–Trinajstić information content (AvgIpc) is 2.27. The van der Waals surface area contributed by atoms with Gasteiger partial charge >= 0.3 is 0 Å². The van der Waals surface area contributed by atoms with Gasteiger partial charge in [-0.15, -0.1) is 0 Å². The van der Waals surface area contributed by atoms with E-state index >= 15 is 0 Å². The van der Waals surface area contributed by atoms with Crippen LogP contribution in [0, 0.1) is 13.8 Å². The summed E-state index contributed by atoms with van der Waals surface area (Å²) in [4.78, 5) is 12.2. The maximum Gasteiger partial charge on any atom is 0.168 e. The monoisotopic (exact) mass is 235 g/mol. The Morgan fingerprint density at radius 3 is 2.59 bits per heavy atom. The van der Waals surface area contributed by atoms with Gasteiger partial charge in [-0.1, -0.05) is 13.0 Å². The standard InChI is InChI=1S/C14H21NO2/c1-5-11(15)8-12(16)14-10(3)6-9(2)7-13(14)17-4/h6-7,11H,5,8,15H2,1-4H3. The number of Topliss-reactive ketones (excluding diaryl/α,β-unsaturated/α-hetero) is 1. The Balaban J connectivity index is 3.08. The van der Waals surface area contributed by atoms with E-state index in [2.05, 4.69) is 0 Å². The molecule has 0 heterocycles. The molecule has 2 N–H and O–H groups in total. The van der Waals surface area contributed by atoms with E-state index in [1.165, 1.54) is 0 Å². The second-order valence-corrected chi connectivity index (χ2v) is 4.45. The average molecular weight is 235 g/mol. The Morgan fingerprint density at radius 2 is 2.06 bits per heavy atom. The zero-order valence-electron chi connectivity index (χ0n) is 11.0. The molecule has 0 aromatic heterocycles. The number of aryl methyl sites for hydroxylation is 2. The van der Waals surface area contributed by atoms with Crippen LogP contribution in [0.5, 0.6) is 5.75 Å². The minimum atomic E-state index is -0.0760. The molecule has 0 saturated heterocycles. The van der Waals surface area contributed by atoms with Crippen molar-refractivity contribution in [1.29, 1.82) is 0 Å². The van der Waals surface area contributed by atoms with Crippen LogP contribution in [-0.4, -0.2) is 18.9 Å². The molecule has 0 spiro atoms. The fourth-order valence-corrected chi connectivity index (χ4v) is 1.93. The second-order valence-electron chi connectivity index (χ2n) is 4.45. The van der Waals surface area contributed by atoms with Crippen LogP contribution < -0.4 is 10.5 Å². The number of nitrogens with two attached hydrogens (primary N) is 1. The summed E-state index contributed by atoms with van der Waals surface area (Å²) in [5.74, 6) is 0.713. The molecule has 1 aromatic carbocycles. The van der Waals surface area contributed by atoms with Crippen molar-refractivity contribution in [3.05, 3.63) is 28.8 Å². The first-order valence-electron chi connectivity index (χ1n) is 5.93. The molecule has 1 unspecified atom stereocenters. The van der Waals surface area contributed by atoms with Crippen LogP contribution >= 0.6 is 0 Å². The lowest BCUT2D eigenvalue weighted by Crippen LogP contribution is -2.23. The first-order valence-corrected chi connectivity index (χ1v) is 5.93. The lowest BCUT2D eigenvalue weighted by molar-refractivity contribution is 0.0970. The van der Waals surface area contributed by atoms with Gasteiger partial charge < -0.3 is 10.5 Å². The molecule has 0 aliphatic heterocycles. The van der Waals surface area contributed by atoms with Gasteiger partial charge in [-0.3, -0.25) is 4.79 Å². The number of benzene rings is 1. The molecule has 3 heteroatoms. The molecule has 94 valence electrons. The van der Waals surface area contributed by atoms with Gasteiger partial charge in [-0.25, -0.2) is 0 Å². The first-order chi connectivity index (χ1) is 7.99. The van der Waals surface area contributed by atoms with Gasteiger partial charge in [0.05, 0.1) is 12.7 Å². The molecule has 1 rings (SSSR count). The highest BCUT2D eigenvalue weighted by Gasteiger charge is 2.17. The highest BCUT2D eigenvalue weighted by Crippen LogP contribution is 2.25. The number of carbonyl (C=O) groups is 1. The van der Waals surface area contributed by atoms with E-state index < -0.39 is 0 Å². The summed E-state index contributed by atoms with van der Waals surface area (Å²) >= 11 is 0. The molecule has 0 aliphatic rings. The van der Waals surface area contributed by atoms with Crippen molar-refractivity contribution < 1.29 is 9.53 Å². The Labute approximate surface area is 103 Å². The molecule has 1 aromatic rings. The van der Waals surface area contributed by atoms with E-state index in [0.717, 1.165) is 17.5 Å². The Hall–Kier alpha value is -1.35. The highest BCUT2D eigenvalue weighted by molar-refractivity contribution is 6.00. The molecule has 1 atom stereocenters. The van der Waals surface area contributed by atoms with Crippen LogP contribution in [0.2, 0.25) is 0 Å². The fraction of sp³-hybridized carbons (Fsp3) is 0.500. The van der Waals surface area contributed by atoms with Gasteiger partial charge in [0.25, 0.3) is 0 Å². The van der Waals surface area contributed by atoms with Crippen LogP contribution in [0.3, 0.4) is 0 Å². The molecule has 0 radical (unpaired) electrons. The maximum atomic E-state index is 12.2. The number of carbonyl (C=O) groups excluding carboxylic acids is 1. The molecular formula is C14H21NO2. The van der Waals surface area contributed by atoms with Crippen LogP contribution in [0.25, 0.3) is 0 Å². The number of ketones is 1. The van der Waals surface area contributed by atoms with Crippen molar-refractivity contribution in [3.63, 3.8) is 0 Å². The van der Waals surface area contributed by atoms with Crippen molar-refractivity contribution in [2.75, 3.05) is 7.11 Å². The Kier molecular flexibility index (Phi) is 4.70. The van der Waals surface area contributed by atoms with Gasteiger partial charge in [0.1, 0.15) is 5.75 Å². The van der Waals surface area contributed by atoms with E-state index in [0.29, 0.717) is 17.7 Å². The quantitative estimate of drug-likeness (QED) is 0.798. The molecule has 0 amide bonds. The van der Waals surface area contributed by atoms with E-state index in [1.807, 2.05) is 32.9 Å². The normalized spacial score (nSPS) is 12.3. The van der Waals surface area contributed by atoms with Gasteiger partial charge in [-0.05, 0) is 37.5 Å². The predicted molar refractivity (Wildman–Crippen MR) is 69.7 cm³/mol. The fourth-order valence-electron chi connectivity index (χ4n) is 1.93. The van der Waals surface area contributed by atoms with E-state index in [1.54, 1.807) is 7.11 Å². The lowest BCUT2D eigenvalue weighted by Gasteiger charge is -2.14. The zero-order chi connectivity index (χ0) is 13.0. The number of rotatable bonds is 5. The minimum Gasteiger partial charge on any atom is -0.496 e. The number of ether oxygens (including phenoxy) is 1. The third kappa shape index (κ3) is 3.30. The Bertz CT molecular complexity index is 413. The van der Waals surface area contributed by atoms with Gasteiger partial charge in [0.2, 0.25) is 0 Å².